The molecule has 128 valence electrons. The SMILES string of the molecule is CCCCOC(=O)C1CCCCn2c(C(=O)c3cccs3)ccc21. The third-order valence-electron chi connectivity index (χ3n) is 4.50. The molecule has 0 saturated carbocycles. The number of carbonyl (C=O) groups excluding carboxylic acids is 2. The van der Waals surface area contributed by atoms with Gasteiger partial charge in [-0.3, -0.25) is 9.59 Å². The average Bonchev–Trinajstić information content (AvgIpc) is 3.21. The fourth-order valence-electron chi connectivity index (χ4n) is 3.19. The van der Waals surface area contributed by atoms with Crippen molar-refractivity contribution in [1.82, 2.24) is 4.57 Å². The molecule has 0 amide bonds. The van der Waals surface area contributed by atoms with Gasteiger partial charge in [0, 0.05) is 12.2 Å². The number of fused-ring (bicyclic) bond motifs is 1. The number of aromatic nitrogens is 1. The predicted octanol–water partition coefficient (Wildman–Crippen LogP) is 4.39. The van der Waals surface area contributed by atoms with Gasteiger partial charge in [0.2, 0.25) is 5.78 Å². The normalized spacial score (nSPS) is 17.1. The second-order valence-corrected chi connectivity index (χ2v) is 7.12. The lowest BCUT2D eigenvalue weighted by Crippen LogP contribution is -2.19. The Hall–Kier alpha value is -1.88. The van der Waals surface area contributed by atoms with Crippen LogP contribution in [0.3, 0.4) is 0 Å². The molecule has 3 rings (SSSR count). The molecule has 2 aromatic rings. The van der Waals surface area contributed by atoms with Crippen LogP contribution in [0.4, 0.5) is 0 Å². The van der Waals surface area contributed by atoms with E-state index in [2.05, 4.69) is 6.92 Å². The van der Waals surface area contributed by atoms with Gasteiger partial charge in [-0.2, -0.15) is 0 Å². The minimum atomic E-state index is -0.255. The zero-order chi connectivity index (χ0) is 16.9. The van der Waals surface area contributed by atoms with Crippen LogP contribution in [0.2, 0.25) is 0 Å². The molecular formula is C19H23NO3S. The Labute approximate surface area is 146 Å². The van der Waals surface area contributed by atoms with Crippen LogP contribution in [-0.4, -0.2) is 22.9 Å². The highest BCUT2D eigenvalue weighted by atomic mass is 32.1. The van der Waals surface area contributed by atoms with E-state index in [9.17, 15) is 9.59 Å². The van der Waals surface area contributed by atoms with Gasteiger partial charge in [0.05, 0.1) is 23.1 Å². The molecule has 0 bridgehead atoms. The highest BCUT2D eigenvalue weighted by molar-refractivity contribution is 7.12. The monoisotopic (exact) mass is 345 g/mol. The van der Waals surface area contributed by atoms with E-state index in [0.29, 0.717) is 12.3 Å². The van der Waals surface area contributed by atoms with Gasteiger partial charge in [-0.1, -0.05) is 25.8 Å². The molecule has 1 aliphatic rings. The van der Waals surface area contributed by atoms with E-state index in [1.54, 1.807) is 0 Å². The van der Waals surface area contributed by atoms with E-state index in [4.69, 9.17) is 4.74 Å². The molecule has 1 unspecified atom stereocenters. The maximum absolute atomic E-state index is 12.7. The topological polar surface area (TPSA) is 48.3 Å². The number of ether oxygens (including phenoxy) is 1. The van der Waals surface area contributed by atoms with E-state index >= 15 is 0 Å². The van der Waals surface area contributed by atoms with Crippen LogP contribution < -0.4 is 0 Å². The fourth-order valence-corrected chi connectivity index (χ4v) is 3.86. The molecule has 0 aliphatic carbocycles. The van der Waals surface area contributed by atoms with Crippen LogP contribution in [0.1, 0.15) is 66.0 Å². The number of nitrogens with zero attached hydrogens (tertiary/aromatic N) is 1. The van der Waals surface area contributed by atoms with E-state index in [1.807, 2.05) is 34.2 Å². The molecule has 24 heavy (non-hydrogen) atoms. The molecule has 0 radical (unpaired) electrons. The van der Waals surface area contributed by atoms with Gasteiger partial charge >= 0.3 is 5.97 Å². The van der Waals surface area contributed by atoms with Crippen LogP contribution in [0.25, 0.3) is 0 Å². The lowest BCUT2D eigenvalue weighted by atomic mass is 10.00. The maximum atomic E-state index is 12.7. The summed E-state index contributed by atoms with van der Waals surface area (Å²) in [6, 6.07) is 7.52. The zero-order valence-corrected chi connectivity index (χ0v) is 14.8. The quantitative estimate of drug-likeness (QED) is 0.443. The van der Waals surface area contributed by atoms with Gasteiger partial charge in [-0.15, -0.1) is 11.3 Å². The molecular weight excluding hydrogens is 322 g/mol. The van der Waals surface area contributed by atoms with Crippen molar-refractivity contribution in [3.05, 3.63) is 45.9 Å². The highest BCUT2D eigenvalue weighted by Gasteiger charge is 2.29. The molecule has 0 aromatic carbocycles. The standard InChI is InChI=1S/C19H23NO3S/c1-2-3-12-23-19(22)14-7-4-5-11-20-15(14)9-10-16(20)18(21)17-8-6-13-24-17/h6,8-10,13-14H,2-5,7,11-12H2,1H3. The summed E-state index contributed by atoms with van der Waals surface area (Å²) >= 11 is 1.45. The van der Waals surface area contributed by atoms with Gasteiger partial charge in [0.1, 0.15) is 0 Å². The summed E-state index contributed by atoms with van der Waals surface area (Å²) in [4.78, 5) is 25.9. The third-order valence-corrected chi connectivity index (χ3v) is 5.37. The third kappa shape index (κ3) is 3.46. The van der Waals surface area contributed by atoms with Crippen molar-refractivity contribution in [2.75, 3.05) is 6.61 Å². The van der Waals surface area contributed by atoms with Crippen molar-refractivity contribution >= 4 is 23.1 Å². The minimum absolute atomic E-state index is 0.0382. The van der Waals surface area contributed by atoms with Crippen molar-refractivity contribution in [3.63, 3.8) is 0 Å². The molecule has 0 N–H and O–H groups in total. The lowest BCUT2D eigenvalue weighted by Gasteiger charge is -2.16. The highest BCUT2D eigenvalue weighted by Crippen LogP contribution is 2.31. The molecule has 0 spiro atoms. The maximum Gasteiger partial charge on any atom is 0.314 e. The molecule has 0 saturated heterocycles. The van der Waals surface area contributed by atoms with Crippen LogP contribution in [0, 0.1) is 0 Å². The number of hydrogen-bond acceptors (Lipinski definition) is 4. The van der Waals surface area contributed by atoms with Gasteiger partial charge in [-0.05, 0) is 42.8 Å². The summed E-state index contributed by atoms with van der Waals surface area (Å²) in [5.41, 5.74) is 1.61. The Kier molecular flexibility index (Phi) is 5.51. The Morgan fingerprint density at radius 3 is 2.92 bits per heavy atom. The number of thiophene rings is 1. The first-order chi connectivity index (χ1) is 11.7. The second-order valence-electron chi connectivity index (χ2n) is 6.17. The van der Waals surface area contributed by atoms with E-state index in [1.165, 1.54) is 11.3 Å². The smallest absolute Gasteiger partial charge is 0.314 e. The minimum Gasteiger partial charge on any atom is -0.465 e. The van der Waals surface area contributed by atoms with Gasteiger partial charge in [0.15, 0.2) is 0 Å². The molecule has 2 aromatic heterocycles. The second kappa shape index (κ2) is 7.79. The predicted molar refractivity (Wildman–Crippen MR) is 94.6 cm³/mol. The number of ketones is 1. The van der Waals surface area contributed by atoms with Crippen molar-refractivity contribution in [3.8, 4) is 0 Å². The zero-order valence-electron chi connectivity index (χ0n) is 14.0. The largest absolute Gasteiger partial charge is 0.465 e. The number of esters is 1. The van der Waals surface area contributed by atoms with Crippen molar-refractivity contribution in [2.24, 2.45) is 0 Å². The molecule has 0 fully saturated rings. The molecule has 3 heterocycles. The van der Waals surface area contributed by atoms with Crippen LogP contribution >= 0.6 is 11.3 Å². The molecule has 5 heteroatoms. The van der Waals surface area contributed by atoms with Crippen LogP contribution in [0.15, 0.2) is 29.6 Å². The van der Waals surface area contributed by atoms with E-state index < -0.39 is 0 Å². The van der Waals surface area contributed by atoms with Crippen molar-refractivity contribution < 1.29 is 14.3 Å². The first kappa shape index (κ1) is 17.0. The molecule has 4 nitrogen and oxygen atoms in total. The van der Waals surface area contributed by atoms with Crippen LogP contribution in [0.5, 0.6) is 0 Å². The van der Waals surface area contributed by atoms with Gasteiger partial charge < -0.3 is 9.30 Å². The van der Waals surface area contributed by atoms with E-state index in [0.717, 1.165) is 49.2 Å². The number of hydrogen-bond donors (Lipinski definition) is 0. The summed E-state index contributed by atoms with van der Waals surface area (Å²) in [5, 5.41) is 1.91. The summed E-state index contributed by atoms with van der Waals surface area (Å²) in [5.74, 6) is -0.370. The summed E-state index contributed by atoms with van der Waals surface area (Å²) in [7, 11) is 0. The van der Waals surface area contributed by atoms with Crippen molar-refractivity contribution in [2.45, 2.75) is 51.5 Å². The Balaban J connectivity index is 1.85. The first-order valence-corrected chi connectivity index (χ1v) is 9.54. The summed E-state index contributed by atoms with van der Waals surface area (Å²) in [6.07, 6.45) is 4.64. The summed E-state index contributed by atoms with van der Waals surface area (Å²) < 4.78 is 7.47. The number of rotatable bonds is 6. The van der Waals surface area contributed by atoms with Gasteiger partial charge in [0.25, 0.3) is 0 Å². The lowest BCUT2D eigenvalue weighted by molar-refractivity contribution is -0.145. The van der Waals surface area contributed by atoms with Crippen LogP contribution in [-0.2, 0) is 16.1 Å². The Morgan fingerprint density at radius 2 is 2.17 bits per heavy atom. The van der Waals surface area contributed by atoms with E-state index in [-0.39, 0.29) is 17.7 Å². The van der Waals surface area contributed by atoms with Gasteiger partial charge in [-0.25, -0.2) is 0 Å². The Bertz CT molecular complexity index is 702. The molecule has 1 atom stereocenters. The first-order valence-electron chi connectivity index (χ1n) is 8.66. The summed E-state index contributed by atoms with van der Waals surface area (Å²) in [6.45, 7) is 3.34. The molecule has 1 aliphatic heterocycles. The Morgan fingerprint density at radius 1 is 1.29 bits per heavy atom. The average molecular weight is 345 g/mol. The number of carbonyl (C=O) groups is 2. The number of unbranched alkanes of at least 4 members (excludes halogenated alkanes) is 1. The fraction of sp³-hybridized carbons (Fsp3) is 0.474. The van der Waals surface area contributed by atoms with Crippen molar-refractivity contribution in [1.29, 1.82) is 0 Å².